The molecule has 0 unspecified atom stereocenters. The van der Waals surface area contributed by atoms with Crippen molar-refractivity contribution in [3.8, 4) is 5.75 Å². The molecule has 1 aromatic carbocycles. The Bertz CT molecular complexity index is 1180. The number of pyridine rings is 2. The predicted molar refractivity (Wildman–Crippen MR) is 125 cm³/mol. The van der Waals surface area contributed by atoms with Crippen LogP contribution in [0.15, 0.2) is 67.3 Å². The molecule has 0 spiro atoms. The quantitative estimate of drug-likeness (QED) is 0.424. The SMILES string of the molecule is Clc1ccc(Nc2nccc3cc(OC4CCN(Cc5ncccn5)CC4)ccc23)cn1. The van der Waals surface area contributed by atoms with Gasteiger partial charge in [-0.3, -0.25) is 4.90 Å². The standard InChI is InChI=1S/C24H23ClN6O/c25-22-5-2-18(15-29-22)30-24-21-4-3-20(14-17(21)6-11-28-24)32-19-7-12-31(13-8-19)16-23-26-9-1-10-27-23/h1-6,9-11,14-15,19H,7-8,12-13,16H2,(H,28,30). The summed E-state index contributed by atoms with van der Waals surface area (Å²) in [4.78, 5) is 19.6. The van der Waals surface area contributed by atoms with Gasteiger partial charge in [-0.2, -0.15) is 0 Å². The van der Waals surface area contributed by atoms with E-state index in [1.807, 2.05) is 30.3 Å². The van der Waals surface area contributed by atoms with Crippen molar-refractivity contribution in [2.24, 2.45) is 0 Å². The molecular formula is C24H23ClN6O. The predicted octanol–water partition coefficient (Wildman–Crippen LogP) is 4.86. The summed E-state index contributed by atoms with van der Waals surface area (Å²) >= 11 is 5.87. The number of fused-ring (bicyclic) bond motifs is 1. The van der Waals surface area contributed by atoms with Gasteiger partial charge in [0.15, 0.2) is 0 Å². The molecule has 162 valence electrons. The summed E-state index contributed by atoms with van der Waals surface area (Å²) in [5, 5.41) is 5.86. The van der Waals surface area contributed by atoms with Crippen LogP contribution in [0, 0.1) is 0 Å². The van der Waals surface area contributed by atoms with Gasteiger partial charge in [0.05, 0.1) is 18.4 Å². The van der Waals surface area contributed by atoms with Gasteiger partial charge in [-0.25, -0.2) is 19.9 Å². The lowest BCUT2D eigenvalue weighted by molar-refractivity contribution is 0.0955. The Labute approximate surface area is 191 Å². The van der Waals surface area contributed by atoms with E-state index in [0.29, 0.717) is 5.15 Å². The third-order valence-corrected chi connectivity index (χ3v) is 5.77. The summed E-state index contributed by atoms with van der Waals surface area (Å²) in [6.07, 6.45) is 9.25. The smallest absolute Gasteiger partial charge is 0.142 e. The van der Waals surface area contributed by atoms with Crippen LogP contribution >= 0.6 is 11.6 Å². The average molecular weight is 447 g/mol. The maximum Gasteiger partial charge on any atom is 0.142 e. The molecule has 1 N–H and O–H groups in total. The molecule has 8 heteroatoms. The minimum atomic E-state index is 0.208. The largest absolute Gasteiger partial charge is 0.490 e. The van der Waals surface area contributed by atoms with Crippen molar-refractivity contribution >= 4 is 33.9 Å². The normalized spacial score (nSPS) is 15.0. The van der Waals surface area contributed by atoms with Crippen LogP contribution in [-0.2, 0) is 6.54 Å². The lowest BCUT2D eigenvalue weighted by atomic mass is 10.1. The Morgan fingerprint density at radius 2 is 1.81 bits per heavy atom. The Hall–Kier alpha value is -3.29. The van der Waals surface area contributed by atoms with Gasteiger partial charge >= 0.3 is 0 Å². The molecule has 1 saturated heterocycles. The monoisotopic (exact) mass is 446 g/mol. The third kappa shape index (κ3) is 4.95. The molecule has 1 fully saturated rings. The van der Waals surface area contributed by atoms with E-state index in [9.17, 15) is 0 Å². The zero-order chi connectivity index (χ0) is 21.8. The van der Waals surface area contributed by atoms with E-state index in [0.717, 1.165) is 66.3 Å². The number of rotatable bonds is 6. The van der Waals surface area contributed by atoms with Crippen LogP contribution in [0.4, 0.5) is 11.5 Å². The molecule has 4 heterocycles. The molecule has 1 aliphatic heterocycles. The molecule has 3 aromatic heterocycles. The van der Waals surface area contributed by atoms with Crippen molar-refractivity contribution < 1.29 is 4.74 Å². The van der Waals surface area contributed by atoms with Gasteiger partial charge in [0.25, 0.3) is 0 Å². The van der Waals surface area contributed by atoms with Crippen LogP contribution in [0.3, 0.4) is 0 Å². The van der Waals surface area contributed by atoms with E-state index in [2.05, 4.69) is 36.2 Å². The van der Waals surface area contributed by atoms with Gasteiger partial charge in [-0.1, -0.05) is 11.6 Å². The summed E-state index contributed by atoms with van der Waals surface area (Å²) in [5.41, 5.74) is 0.836. The summed E-state index contributed by atoms with van der Waals surface area (Å²) < 4.78 is 6.31. The zero-order valence-electron chi connectivity index (χ0n) is 17.5. The number of aromatic nitrogens is 4. The first-order chi connectivity index (χ1) is 15.7. The number of benzene rings is 1. The lowest BCUT2D eigenvalue weighted by Gasteiger charge is -2.31. The van der Waals surface area contributed by atoms with Crippen LogP contribution in [0.25, 0.3) is 10.8 Å². The first-order valence-electron chi connectivity index (χ1n) is 10.7. The number of piperidine rings is 1. The minimum absolute atomic E-state index is 0.208. The number of hydrogen-bond donors (Lipinski definition) is 1. The van der Waals surface area contributed by atoms with Crippen LogP contribution in [0.2, 0.25) is 5.15 Å². The molecule has 0 atom stereocenters. The summed E-state index contributed by atoms with van der Waals surface area (Å²) in [6.45, 7) is 2.74. The van der Waals surface area contributed by atoms with E-state index >= 15 is 0 Å². The number of nitrogens with one attached hydrogen (secondary N) is 1. The number of likely N-dealkylation sites (tertiary alicyclic amines) is 1. The van der Waals surface area contributed by atoms with Crippen molar-refractivity contribution in [3.05, 3.63) is 78.2 Å². The number of halogens is 1. The number of hydrogen-bond acceptors (Lipinski definition) is 7. The molecule has 32 heavy (non-hydrogen) atoms. The van der Waals surface area contributed by atoms with Crippen molar-refractivity contribution in [1.82, 2.24) is 24.8 Å². The Morgan fingerprint density at radius 3 is 2.59 bits per heavy atom. The van der Waals surface area contributed by atoms with Crippen LogP contribution in [0.5, 0.6) is 5.75 Å². The van der Waals surface area contributed by atoms with Gasteiger partial charge in [0.2, 0.25) is 0 Å². The second-order valence-electron chi connectivity index (χ2n) is 7.80. The van der Waals surface area contributed by atoms with E-state index in [1.54, 1.807) is 30.9 Å². The minimum Gasteiger partial charge on any atom is -0.490 e. The van der Waals surface area contributed by atoms with E-state index in [-0.39, 0.29) is 6.10 Å². The number of nitrogens with zero attached hydrogens (tertiary/aromatic N) is 5. The third-order valence-electron chi connectivity index (χ3n) is 5.55. The molecule has 0 aliphatic carbocycles. The second-order valence-corrected chi connectivity index (χ2v) is 8.18. The Kier molecular flexibility index (Phi) is 6.09. The second kappa shape index (κ2) is 9.46. The molecule has 0 bridgehead atoms. The fourth-order valence-corrected chi connectivity index (χ4v) is 4.02. The highest BCUT2D eigenvalue weighted by atomic mass is 35.5. The first-order valence-corrected chi connectivity index (χ1v) is 11.0. The fraction of sp³-hybridized carbons (Fsp3) is 0.250. The highest BCUT2D eigenvalue weighted by Gasteiger charge is 2.21. The van der Waals surface area contributed by atoms with Crippen molar-refractivity contribution in [2.75, 3.05) is 18.4 Å². The van der Waals surface area contributed by atoms with Crippen LogP contribution < -0.4 is 10.1 Å². The van der Waals surface area contributed by atoms with Crippen molar-refractivity contribution in [1.29, 1.82) is 0 Å². The first kappa shape index (κ1) is 20.6. The summed E-state index contributed by atoms with van der Waals surface area (Å²) in [6, 6.07) is 13.6. The van der Waals surface area contributed by atoms with Gasteiger partial charge in [-0.15, -0.1) is 0 Å². The van der Waals surface area contributed by atoms with Crippen molar-refractivity contribution in [2.45, 2.75) is 25.5 Å². The Morgan fingerprint density at radius 1 is 0.969 bits per heavy atom. The highest BCUT2D eigenvalue weighted by Crippen LogP contribution is 2.29. The van der Waals surface area contributed by atoms with E-state index in [4.69, 9.17) is 16.3 Å². The molecule has 0 radical (unpaired) electrons. The maximum absolute atomic E-state index is 6.31. The van der Waals surface area contributed by atoms with Crippen molar-refractivity contribution in [3.63, 3.8) is 0 Å². The summed E-state index contributed by atoms with van der Waals surface area (Å²) in [7, 11) is 0. The van der Waals surface area contributed by atoms with Gasteiger partial charge in [0.1, 0.15) is 28.6 Å². The van der Waals surface area contributed by atoms with Gasteiger partial charge in [-0.05, 0) is 60.7 Å². The molecule has 1 aliphatic rings. The fourth-order valence-electron chi connectivity index (χ4n) is 3.90. The molecule has 4 aromatic rings. The van der Waals surface area contributed by atoms with Gasteiger partial charge in [0, 0.05) is 37.1 Å². The lowest BCUT2D eigenvalue weighted by Crippen LogP contribution is -2.38. The summed E-state index contributed by atoms with van der Waals surface area (Å²) in [5.74, 6) is 2.52. The van der Waals surface area contributed by atoms with Crippen LogP contribution in [-0.4, -0.2) is 44.0 Å². The highest BCUT2D eigenvalue weighted by molar-refractivity contribution is 6.29. The molecule has 5 rings (SSSR count). The zero-order valence-corrected chi connectivity index (χ0v) is 18.2. The molecular weight excluding hydrogens is 424 g/mol. The van der Waals surface area contributed by atoms with E-state index < -0.39 is 0 Å². The van der Waals surface area contributed by atoms with E-state index in [1.165, 1.54) is 0 Å². The molecule has 0 amide bonds. The average Bonchev–Trinajstić information content (AvgIpc) is 2.83. The Balaban J connectivity index is 1.22. The number of ether oxygens (including phenoxy) is 1. The van der Waals surface area contributed by atoms with Crippen LogP contribution in [0.1, 0.15) is 18.7 Å². The van der Waals surface area contributed by atoms with Gasteiger partial charge < -0.3 is 10.1 Å². The molecule has 7 nitrogen and oxygen atoms in total. The maximum atomic E-state index is 6.31. The number of anilines is 2. The molecule has 0 saturated carbocycles. The topological polar surface area (TPSA) is 76.1 Å².